The van der Waals surface area contributed by atoms with E-state index in [0.29, 0.717) is 17.6 Å². The fourth-order valence-electron chi connectivity index (χ4n) is 3.32. The third kappa shape index (κ3) is 3.94. The number of halogens is 1. The molecule has 1 fully saturated rings. The normalized spacial score (nSPS) is 21.5. The molecule has 1 aliphatic carbocycles. The molecule has 1 heterocycles. The lowest BCUT2D eigenvalue weighted by Crippen LogP contribution is -2.29. The van der Waals surface area contributed by atoms with E-state index in [-0.39, 0.29) is 6.10 Å². The largest absolute Gasteiger partial charge is 0.393 e. The smallest absolute Gasteiger partial charge is 0.137 e. The summed E-state index contributed by atoms with van der Waals surface area (Å²) in [6.45, 7) is 3.63. The molecule has 0 radical (unpaired) electrons. The summed E-state index contributed by atoms with van der Waals surface area (Å²) in [6, 6.07) is 9.94. The summed E-state index contributed by atoms with van der Waals surface area (Å²) in [4.78, 5) is 0. The third-order valence-electron chi connectivity index (χ3n) is 4.61. The zero-order valence-electron chi connectivity index (χ0n) is 13.5. The maximum Gasteiger partial charge on any atom is 0.137 e. The highest BCUT2D eigenvalue weighted by molar-refractivity contribution is 6.30. The summed E-state index contributed by atoms with van der Waals surface area (Å²) in [5, 5.41) is 18.5. The predicted molar refractivity (Wildman–Crippen MR) is 93.0 cm³/mol. The third-order valence-corrected chi connectivity index (χ3v) is 5.00. The molecule has 0 bridgehead atoms. The van der Waals surface area contributed by atoms with Crippen LogP contribution in [0.25, 0.3) is 5.69 Å². The number of hydrogen-bond acceptors (Lipinski definition) is 3. The zero-order valence-corrected chi connectivity index (χ0v) is 14.3. The highest BCUT2D eigenvalue weighted by Gasteiger charge is 2.20. The molecule has 2 aromatic rings. The molecule has 5 heteroatoms. The summed E-state index contributed by atoms with van der Waals surface area (Å²) in [5.74, 6) is 0.557. The Bertz CT molecular complexity index is 641. The van der Waals surface area contributed by atoms with Gasteiger partial charge in [0.05, 0.1) is 17.5 Å². The number of aliphatic hydroxyl groups is 1. The van der Waals surface area contributed by atoms with Gasteiger partial charge in [0.25, 0.3) is 0 Å². The first-order valence-corrected chi connectivity index (χ1v) is 8.71. The molecule has 1 aromatic heterocycles. The summed E-state index contributed by atoms with van der Waals surface area (Å²) in [5.41, 5.74) is 2.98. The second-order valence-corrected chi connectivity index (χ2v) is 6.78. The Morgan fingerprint density at radius 3 is 2.83 bits per heavy atom. The van der Waals surface area contributed by atoms with Gasteiger partial charge in [-0.05, 0) is 50.8 Å². The Hall–Kier alpha value is -1.36. The molecule has 124 valence electrons. The molecule has 0 spiro atoms. The average Bonchev–Trinajstić information content (AvgIpc) is 2.84. The standard InChI is InChI=1S/C18H24ClN3O/c1-13-17(12-20-11-14-6-5-9-16(23)10-14)18(19)22(21-13)15-7-3-2-4-8-15/h2-4,7-8,14,16,20,23H,5-6,9-12H2,1H3. The van der Waals surface area contributed by atoms with Crippen molar-refractivity contribution in [1.82, 2.24) is 15.1 Å². The Labute approximate surface area is 142 Å². The number of aliphatic hydroxyl groups excluding tert-OH is 1. The van der Waals surface area contributed by atoms with Crippen LogP contribution in [-0.2, 0) is 6.54 Å². The number of benzene rings is 1. The van der Waals surface area contributed by atoms with E-state index in [1.165, 1.54) is 6.42 Å². The van der Waals surface area contributed by atoms with Crippen LogP contribution < -0.4 is 5.32 Å². The fourth-order valence-corrected chi connectivity index (χ4v) is 3.66. The molecular weight excluding hydrogens is 310 g/mol. The average molecular weight is 334 g/mol. The lowest BCUT2D eigenvalue weighted by Gasteiger charge is -2.26. The Morgan fingerprint density at radius 1 is 1.30 bits per heavy atom. The van der Waals surface area contributed by atoms with Crippen LogP contribution in [0.2, 0.25) is 5.15 Å². The first-order valence-electron chi connectivity index (χ1n) is 8.33. The zero-order chi connectivity index (χ0) is 16.2. The van der Waals surface area contributed by atoms with Crippen LogP contribution in [0.3, 0.4) is 0 Å². The van der Waals surface area contributed by atoms with Gasteiger partial charge < -0.3 is 10.4 Å². The molecular formula is C18H24ClN3O. The molecule has 3 rings (SSSR count). The molecule has 1 saturated carbocycles. The Balaban J connectivity index is 1.63. The first kappa shape index (κ1) is 16.5. The van der Waals surface area contributed by atoms with E-state index in [1.54, 1.807) is 4.68 Å². The number of aromatic nitrogens is 2. The van der Waals surface area contributed by atoms with Gasteiger partial charge in [0.1, 0.15) is 5.15 Å². The number of nitrogens with zero attached hydrogens (tertiary/aromatic N) is 2. The highest BCUT2D eigenvalue weighted by Crippen LogP contribution is 2.25. The maximum atomic E-state index is 9.75. The molecule has 2 N–H and O–H groups in total. The molecule has 0 aliphatic heterocycles. The second-order valence-electron chi connectivity index (χ2n) is 6.42. The number of rotatable bonds is 5. The monoisotopic (exact) mass is 333 g/mol. The molecule has 4 nitrogen and oxygen atoms in total. The quantitative estimate of drug-likeness (QED) is 0.880. The van der Waals surface area contributed by atoms with Gasteiger partial charge in [-0.25, -0.2) is 4.68 Å². The van der Waals surface area contributed by atoms with Gasteiger partial charge in [-0.3, -0.25) is 0 Å². The minimum Gasteiger partial charge on any atom is -0.393 e. The van der Waals surface area contributed by atoms with E-state index in [9.17, 15) is 5.11 Å². The Morgan fingerprint density at radius 2 is 2.09 bits per heavy atom. The van der Waals surface area contributed by atoms with Crippen molar-refractivity contribution in [2.24, 2.45) is 5.92 Å². The van der Waals surface area contributed by atoms with Crippen LogP contribution in [0, 0.1) is 12.8 Å². The summed E-state index contributed by atoms with van der Waals surface area (Å²) in [6.07, 6.45) is 4.05. The maximum absolute atomic E-state index is 9.75. The summed E-state index contributed by atoms with van der Waals surface area (Å²) >= 11 is 6.53. The first-order chi connectivity index (χ1) is 11.1. The van der Waals surface area contributed by atoms with E-state index in [2.05, 4.69) is 10.4 Å². The van der Waals surface area contributed by atoms with Gasteiger partial charge in [-0.2, -0.15) is 5.10 Å². The molecule has 0 amide bonds. The van der Waals surface area contributed by atoms with Crippen molar-refractivity contribution >= 4 is 11.6 Å². The van der Waals surface area contributed by atoms with Crippen LogP contribution >= 0.6 is 11.6 Å². The van der Waals surface area contributed by atoms with Crippen LogP contribution in [0.5, 0.6) is 0 Å². The molecule has 2 atom stereocenters. The van der Waals surface area contributed by atoms with Crippen LogP contribution in [0.15, 0.2) is 30.3 Å². The SMILES string of the molecule is Cc1nn(-c2ccccc2)c(Cl)c1CNCC1CCCC(O)C1. The van der Waals surface area contributed by atoms with Crippen molar-refractivity contribution in [2.75, 3.05) is 6.54 Å². The van der Waals surface area contributed by atoms with Crippen molar-refractivity contribution in [3.8, 4) is 5.69 Å². The lowest BCUT2D eigenvalue weighted by atomic mass is 9.87. The van der Waals surface area contributed by atoms with E-state index in [4.69, 9.17) is 11.6 Å². The van der Waals surface area contributed by atoms with Crippen molar-refractivity contribution in [1.29, 1.82) is 0 Å². The summed E-state index contributed by atoms with van der Waals surface area (Å²) in [7, 11) is 0. The van der Waals surface area contributed by atoms with E-state index < -0.39 is 0 Å². The van der Waals surface area contributed by atoms with Gasteiger partial charge in [0, 0.05) is 12.1 Å². The van der Waals surface area contributed by atoms with Gasteiger partial charge in [0.15, 0.2) is 0 Å². The number of aryl methyl sites for hydroxylation is 1. The van der Waals surface area contributed by atoms with Crippen LogP contribution in [0.1, 0.15) is 36.9 Å². The molecule has 23 heavy (non-hydrogen) atoms. The minimum atomic E-state index is -0.123. The minimum absolute atomic E-state index is 0.123. The number of nitrogens with one attached hydrogen (secondary N) is 1. The van der Waals surface area contributed by atoms with E-state index >= 15 is 0 Å². The lowest BCUT2D eigenvalue weighted by molar-refractivity contribution is 0.101. The van der Waals surface area contributed by atoms with Crippen LogP contribution in [-0.4, -0.2) is 27.5 Å². The predicted octanol–water partition coefficient (Wildman–Crippen LogP) is 3.47. The second kappa shape index (κ2) is 7.47. The van der Waals surface area contributed by atoms with Gasteiger partial charge in [-0.1, -0.05) is 36.2 Å². The van der Waals surface area contributed by atoms with Gasteiger partial charge in [0.2, 0.25) is 0 Å². The van der Waals surface area contributed by atoms with Crippen molar-refractivity contribution < 1.29 is 5.11 Å². The van der Waals surface area contributed by atoms with Gasteiger partial charge >= 0.3 is 0 Å². The molecule has 1 aliphatic rings. The Kier molecular flexibility index (Phi) is 5.36. The van der Waals surface area contributed by atoms with Crippen molar-refractivity contribution in [2.45, 2.75) is 45.3 Å². The highest BCUT2D eigenvalue weighted by atomic mass is 35.5. The molecule has 1 aromatic carbocycles. The van der Waals surface area contributed by atoms with Crippen molar-refractivity contribution in [3.63, 3.8) is 0 Å². The topological polar surface area (TPSA) is 50.1 Å². The summed E-state index contributed by atoms with van der Waals surface area (Å²) < 4.78 is 1.79. The number of hydrogen-bond donors (Lipinski definition) is 2. The molecule has 0 saturated heterocycles. The van der Waals surface area contributed by atoms with E-state index in [0.717, 1.165) is 42.8 Å². The van der Waals surface area contributed by atoms with Crippen LogP contribution in [0.4, 0.5) is 0 Å². The van der Waals surface area contributed by atoms with Crippen molar-refractivity contribution in [3.05, 3.63) is 46.7 Å². The van der Waals surface area contributed by atoms with Gasteiger partial charge in [-0.15, -0.1) is 0 Å². The van der Waals surface area contributed by atoms with E-state index in [1.807, 2.05) is 37.3 Å². The fraction of sp³-hybridized carbons (Fsp3) is 0.500. The molecule has 2 unspecified atom stereocenters. The number of para-hydroxylation sites is 1.